The Bertz CT molecular complexity index is 354. The van der Waals surface area contributed by atoms with E-state index in [1.165, 1.54) is 11.1 Å². The van der Waals surface area contributed by atoms with Crippen LogP contribution in [0.1, 0.15) is 36.9 Å². The van der Waals surface area contributed by atoms with Crippen LogP contribution in [0.25, 0.3) is 0 Å². The lowest BCUT2D eigenvalue weighted by Gasteiger charge is -2.18. The summed E-state index contributed by atoms with van der Waals surface area (Å²) in [4.78, 5) is 0. The molecule has 3 heteroatoms. The molecule has 0 bridgehead atoms. The fraction of sp³-hybridized carbons (Fsp3) is 0.538. The number of benzene rings is 1. The van der Waals surface area contributed by atoms with E-state index >= 15 is 0 Å². The summed E-state index contributed by atoms with van der Waals surface area (Å²) < 4.78 is 13.3. The van der Waals surface area contributed by atoms with Gasteiger partial charge < -0.3 is 5.32 Å². The zero-order valence-corrected chi connectivity index (χ0v) is 10.4. The molecular weight excluding hydrogens is 221 g/mol. The molecule has 16 heavy (non-hydrogen) atoms. The fourth-order valence-electron chi connectivity index (χ4n) is 2.09. The zero-order valence-electron chi connectivity index (χ0n) is 9.63. The van der Waals surface area contributed by atoms with Crippen LogP contribution >= 0.6 is 11.8 Å². The van der Waals surface area contributed by atoms with E-state index in [1.807, 2.05) is 17.8 Å². The van der Waals surface area contributed by atoms with Gasteiger partial charge in [-0.3, -0.25) is 0 Å². The van der Waals surface area contributed by atoms with Crippen LogP contribution in [-0.4, -0.2) is 12.3 Å². The summed E-state index contributed by atoms with van der Waals surface area (Å²) in [5.41, 5.74) is 2.45. The van der Waals surface area contributed by atoms with Crippen molar-refractivity contribution in [1.29, 1.82) is 0 Å². The van der Waals surface area contributed by atoms with Crippen molar-refractivity contribution in [3.8, 4) is 0 Å². The second kappa shape index (κ2) is 5.69. The van der Waals surface area contributed by atoms with E-state index in [0.717, 1.165) is 30.9 Å². The molecule has 0 radical (unpaired) electrons. The first-order valence-electron chi connectivity index (χ1n) is 5.90. The average molecular weight is 239 g/mol. The van der Waals surface area contributed by atoms with Crippen LogP contribution in [0, 0.1) is 5.82 Å². The van der Waals surface area contributed by atoms with Gasteiger partial charge in [-0.05, 0) is 48.4 Å². The normalized spacial score (nSPS) is 20.2. The van der Waals surface area contributed by atoms with E-state index in [-0.39, 0.29) is 5.82 Å². The quantitative estimate of drug-likeness (QED) is 0.866. The lowest BCUT2D eigenvalue weighted by atomic mass is 9.99. The fourth-order valence-corrected chi connectivity index (χ4v) is 3.12. The van der Waals surface area contributed by atoms with Gasteiger partial charge in [0.2, 0.25) is 0 Å². The standard InChI is InChI=1S/C13H18FNS/c1-2-6-15-13-5-7-16-9-10-3-4-11(14)8-12(10)13/h3-4,8,13,15H,2,5-7,9H2,1H3. The van der Waals surface area contributed by atoms with Crippen molar-refractivity contribution in [3.63, 3.8) is 0 Å². The van der Waals surface area contributed by atoms with Crippen LogP contribution in [0.15, 0.2) is 18.2 Å². The minimum atomic E-state index is -0.117. The Hall–Kier alpha value is -0.540. The highest BCUT2D eigenvalue weighted by atomic mass is 32.2. The predicted molar refractivity (Wildman–Crippen MR) is 68.2 cm³/mol. The Morgan fingerprint density at radius 2 is 2.38 bits per heavy atom. The number of hydrogen-bond acceptors (Lipinski definition) is 2. The van der Waals surface area contributed by atoms with Crippen LogP contribution < -0.4 is 5.32 Å². The highest BCUT2D eigenvalue weighted by Gasteiger charge is 2.18. The zero-order chi connectivity index (χ0) is 11.4. The first kappa shape index (κ1) is 11.9. The average Bonchev–Trinajstić information content (AvgIpc) is 2.48. The lowest BCUT2D eigenvalue weighted by Crippen LogP contribution is -2.23. The van der Waals surface area contributed by atoms with Crippen molar-refractivity contribution < 1.29 is 4.39 Å². The second-order valence-electron chi connectivity index (χ2n) is 4.19. The summed E-state index contributed by atoms with van der Waals surface area (Å²) in [5, 5.41) is 3.51. The molecule has 0 fully saturated rings. The van der Waals surface area contributed by atoms with Crippen molar-refractivity contribution >= 4 is 11.8 Å². The summed E-state index contributed by atoms with van der Waals surface area (Å²) in [6.07, 6.45) is 2.22. The molecule has 1 aliphatic rings. The molecule has 0 spiro atoms. The maximum atomic E-state index is 13.3. The van der Waals surface area contributed by atoms with Gasteiger partial charge in [0.1, 0.15) is 5.82 Å². The monoisotopic (exact) mass is 239 g/mol. The number of halogens is 1. The second-order valence-corrected chi connectivity index (χ2v) is 5.30. The van der Waals surface area contributed by atoms with Crippen LogP contribution in [0.3, 0.4) is 0 Å². The summed E-state index contributed by atoms with van der Waals surface area (Å²) in [5.74, 6) is 2.05. The Labute approximate surface area is 101 Å². The summed E-state index contributed by atoms with van der Waals surface area (Å²) in [6.45, 7) is 3.16. The molecule has 1 aromatic rings. The first-order chi connectivity index (χ1) is 7.81. The molecule has 0 aromatic heterocycles. The summed E-state index contributed by atoms with van der Waals surface area (Å²) in [7, 11) is 0. The Morgan fingerprint density at radius 3 is 3.19 bits per heavy atom. The number of thioether (sulfide) groups is 1. The van der Waals surface area contributed by atoms with Gasteiger partial charge in [0.05, 0.1) is 0 Å². The number of nitrogens with one attached hydrogen (secondary N) is 1. The SMILES string of the molecule is CCCNC1CCSCc2ccc(F)cc21. The highest BCUT2D eigenvalue weighted by Crippen LogP contribution is 2.30. The number of rotatable bonds is 3. The van der Waals surface area contributed by atoms with Gasteiger partial charge in [-0.1, -0.05) is 13.0 Å². The minimum Gasteiger partial charge on any atom is -0.310 e. The van der Waals surface area contributed by atoms with Crippen molar-refractivity contribution in [1.82, 2.24) is 5.32 Å². The van der Waals surface area contributed by atoms with Crippen molar-refractivity contribution in [2.75, 3.05) is 12.3 Å². The van der Waals surface area contributed by atoms with Crippen LogP contribution in [-0.2, 0) is 5.75 Å². The van der Waals surface area contributed by atoms with E-state index in [9.17, 15) is 4.39 Å². The molecule has 0 aliphatic carbocycles. The molecule has 1 N–H and O–H groups in total. The number of fused-ring (bicyclic) bond motifs is 1. The third-order valence-corrected chi connectivity index (χ3v) is 3.97. The third kappa shape index (κ3) is 2.77. The largest absolute Gasteiger partial charge is 0.310 e. The van der Waals surface area contributed by atoms with Gasteiger partial charge in [0.15, 0.2) is 0 Å². The maximum absolute atomic E-state index is 13.3. The Kier molecular flexibility index (Phi) is 4.24. The van der Waals surface area contributed by atoms with Gasteiger partial charge in [-0.2, -0.15) is 11.8 Å². The topological polar surface area (TPSA) is 12.0 Å². The van der Waals surface area contributed by atoms with Gasteiger partial charge in [0, 0.05) is 11.8 Å². The lowest BCUT2D eigenvalue weighted by molar-refractivity contribution is 0.516. The Morgan fingerprint density at radius 1 is 1.50 bits per heavy atom. The van der Waals surface area contributed by atoms with Gasteiger partial charge in [-0.25, -0.2) is 4.39 Å². The van der Waals surface area contributed by atoms with Crippen molar-refractivity contribution in [2.24, 2.45) is 0 Å². The van der Waals surface area contributed by atoms with Crippen LogP contribution in [0.4, 0.5) is 4.39 Å². The Balaban J connectivity index is 2.24. The van der Waals surface area contributed by atoms with E-state index in [1.54, 1.807) is 12.1 Å². The molecule has 1 unspecified atom stereocenters. The molecule has 0 saturated heterocycles. The van der Waals surface area contributed by atoms with Crippen LogP contribution in [0.5, 0.6) is 0 Å². The van der Waals surface area contributed by atoms with Gasteiger partial charge in [-0.15, -0.1) is 0 Å². The van der Waals surface area contributed by atoms with E-state index in [2.05, 4.69) is 12.2 Å². The van der Waals surface area contributed by atoms with E-state index in [0.29, 0.717) is 6.04 Å². The molecule has 1 aromatic carbocycles. The molecule has 1 nitrogen and oxygen atoms in total. The molecule has 1 atom stereocenters. The molecule has 88 valence electrons. The third-order valence-electron chi connectivity index (χ3n) is 2.93. The maximum Gasteiger partial charge on any atom is 0.123 e. The first-order valence-corrected chi connectivity index (χ1v) is 7.06. The molecule has 0 saturated carbocycles. The van der Waals surface area contributed by atoms with Gasteiger partial charge in [0.25, 0.3) is 0 Å². The minimum absolute atomic E-state index is 0.117. The van der Waals surface area contributed by atoms with E-state index in [4.69, 9.17) is 0 Å². The summed E-state index contributed by atoms with van der Waals surface area (Å²) >= 11 is 1.94. The predicted octanol–water partition coefficient (Wildman–Crippen LogP) is 3.50. The van der Waals surface area contributed by atoms with Crippen molar-refractivity contribution in [2.45, 2.75) is 31.6 Å². The van der Waals surface area contributed by atoms with E-state index < -0.39 is 0 Å². The molecule has 1 heterocycles. The van der Waals surface area contributed by atoms with Gasteiger partial charge >= 0.3 is 0 Å². The molecule has 1 aliphatic heterocycles. The molecule has 0 amide bonds. The summed E-state index contributed by atoms with van der Waals surface area (Å²) in [6, 6.07) is 5.54. The smallest absolute Gasteiger partial charge is 0.123 e. The number of hydrogen-bond donors (Lipinski definition) is 1. The van der Waals surface area contributed by atoms with Crippen LogP contribution in [0.2, 0.25) is 0 Å². The van der Waals surface area contributed by atoms with Crippen molar-refractivity contribution in [3.05, 3.63) is 35.1 Å². The molecular formula is C13H18FNS. The molecule has 2 rings (SSSR count). The highest BCUT2D eigenvalue weighted by molar-refractivity contribution is 7.98.